The molecular weight excluding hydrogens is 524 g/mol. The van der Waals surface area contributed by atoms with Crippen LogP contribution >= 0.6 is 11.8 Å². The van der Waals surface area contributed by atoms with Crippen LogP contribution < -0.4 is 0 Å². The Balaban J connectivity index is 1.52. The SMILES string of the molecule is CC(=O)OC1S[C@H](COC(=O)c2ccccc2)[C@H](OC(=O)c2ccccc2)C1OC(=O)OCc1ccccc1. The number of hydrogen-bond donors (Lipinski definition) is 0. The fourth-order valence-electron chi connectivity index (χ4n) is 3.79. The number of rotatable bonds is 9. The predicted molar refractivity (Wildman–Crippen MR) is 141 cm³/mol. The minimum Gasteiger partial charge on any atom is -0.461 e. The van der Waals surface area contributed by atoms with Crippen molar-refractivity contribution in [3.8, 4) is 0 Å². The minimum atomic E-state index is -1.23. The number of thioether (sulfide) groups is 1. The molecule has 0 N–H and O–H groups in total. The summed E-state index contributed by atoms with van der Waals surface area (Å²) in [7, 11) is 0. The smallest absolute Gasteiger partial charge is 0.461 e. The zero-order valence-electron chi connectivity index (χ0n) is 21.0. The maximum absolute atomic E-state index is 13.0. The molecule has 1 saturated heterocycles. The molecule has 4 atom stereocenters. The molecule has 39 heavy (non-hydrogen) atoms. The van der Waals surface area contributed by atoms with E-state index in [0.29, 0.717) is 5.56 Å². The highest BCUT2D eigenvalue weighted by atomic mass is 32.2. The van der Waals surface area contributed by atoms with Gasteiger partial charge in [0.25, 0.3) is 0 Å². The van der Waals surface area contributed by atoms with Crippen LogP contribution in [0.25, 0.3) is 0 Å². The number of esters is 3. The summed E-state index contributed by atoms with van der Waals surface area (Å²) in [6.07, 6.45) is -3.39. The number of hydrogen-bond acceptors (Lipinski definition) is 10. The molecule has 10 heteroatoms. The summed E-state index contributed by atoms with van der Waals surface area (Å²) in [6, 6.07) is 25.6. The van der Waals surface area contributed by atoms with Gasteiger partial charge in [0.15, 0.2) is 17.6 Å². The van der Waals surface area contributed by atoms with E-state index in [4.69, 9.17) is 23.7 Å². The number of carbonyl (C=O) groups is 4. The Kier molecular flexibility index (Phi) is 9.58. The van der Waals surface area contributed by atoms with E-state index in [1.807, 2.05) is 6.07 Å². The molecule has 0 saturated carbocycles. The van der Waals surface area contributed by atoms with Gasteiger partial charge in [0.05, 0.1) is 16.4 Å². The molecule has 0 amide bonds. The van der Waals surface area contributed by atoms with Gasteiger partial charge in [0.2, 0.25) is 0 Å². The van der Waals surface area contributed by atoms with Gasteiger partial charge in [-0.2, -0.15) is 0 Å². The van der Waals surface area contributed by atoms with Gasteiger partial charge in [0.1, 0.15) is 13.2 Å². The second-order valence-corrected chi connectivity index (χ2v) is 9.80. The normalized spacial score (nSPS) is 19.9. The molecule has 202 valence electrons. The van der Waals surface area contributed by atoms with Gasteiger partial charge < -0.3 is 23.7 Å². The van der Waals surface area contributed by atoms with Crippen LogP contribution in [0.3, 0.4) is 0 Å². The van der Waals surface area contributed by atoms with Gasteiger partial charge in [-0.25, -0.2) is 14.4 Å². The van der Waals surface area contributed by atoms with E-state index in [9.17, 15) is 19.2 Å². The van der Waals surface area contributed by atoms with E-state index in [2.05, 4.69) is 0 Å². The van der Waals surface area contributed by atoms with Gasteiger partial charge in [0, 0.05) is 6.92 Å². The van der Waals surface area contributed by atoms with Crippen molar-refractivity contribution in [3.63, 3.8) is 0 Å². The quantitative estimate of drug-likeness (QED) is 0.272. The average Bonchev–Trinajstić information content (AvgIpc) is 3.26. The molecule has 1 heterocycles. The summed E-state index contributed by atoms with van der Waals surface area (Å²) < 4.78 is 27.4. The van der Waals surface area contributed by atoms with Crippen molar-refractivity contribution in [2.24, 2.45) is 0 Å². The fraction of sp³-hybridized carbons (Fsp3) is 0.241. The van der Waals surface area contributed by atoms with Gasteiger partial charge in [-0.3, -0.25) is 4.79 Å². The Morgan fingerprint density at radius 2 is 1.23 bits per heavy atom. The highest BCUT2D eigenvalue weighted by Gasteiger charge is 2.52. The van der Waals surface area contributed by atoms with Crippen LogP contribution in [0.5, 0.6) is 0 Å². The molecule has 2 unspecified atom stereocenters. The van der Waals surface area contributed by atoms with Crippen molar-refractivity contribution in [1.82, 2.24) is 0 Å². The minimum absolute atomic E-state index is 0.0512. The van der Waals surface area contributed by atoms with Crippen LogP contribution in [0.1, 0.15) is 33.2 Å². The molecular formula is C29H26O9S. The Morgan fingerprint density at radius 3 is 1.82 bits per heavy atom. The third-order valence-electron chi connectivity index (χ3n) is 5.62. The second-order valence-electron chi connectivity index (χ2n) is 8.46. The van der Waals surface area contributed by atoms with Crippen molar-refractivity contribution >= 4 is 35.8 Å². The topological polar surface area (TPSA) is 114 Å². The molecule has 3 aromatic carbocycles. The summed E-state index contributed by atoms with van der Waals surface area (Å²) in [5.74, 6) is -1.90. The van der Waals surface area contributed by atoms with Crippen LogP contribution in [0.15, 0.2) is 91.0 Å². The Hall–Kier alpha value is -4.31. The summed E-state index contributed by atoms with van der Waals surface area (Å²) in [4.78, 5) is 50.0. The highest BCUT2D eigenvalue weighted by Crippen LogP contribution is 2.40. The lowest BCUT2D eigenvalue weighted by Crippen LogP contribution is -2.42. The van der Waals surface area contributed by atoms with Gasteiger partial charge in [-0.15, -0.1) is 11.8 Å². The second kappa shape index (κ2) is 13.5. The first-order chi connectivity index (χ1) is 18.9. The van der Waals surface area contributed by atoms with E-state index >= 15 is 0 Å². The lowest BCUT2D eigenvalue weighted by molar-refractivity contribution is -0.149. The van der Waals surface area contributed by atoms with Crippen LogP contribution in [-0.2, 0) is 35.1 Å². The molecule has 4 rings (SSSR count). The number of benzene rings is 3. The van der Waals surface area contributed by atoms with Gasteiger partial charge in [-0.05, 0) is 29.8 Å². The first-order valence-corrected chi connectivity index (χ1v) is 13.0. The standard InChI is InChI=1S/C29H26O9S/c1-19(30)36-28-25(38-29(33)35-17-20-11-5-2-6-12-20)24(37-27(32)22-15-9-4-10-16-22)23(39-28)18-34-26(31)21-13-7-3-8-14-21/h2-16,23-25,28H,17-18H2,1H3/t23-,24+,25?,28?/m1/s1. The number of ether oxygens (including phenoxy) is 5. The Bertz CT molecular complexity index is 1270. The molecule has 0 aromatic heterocycles. The molecule has 0 aliphatic carbocycles. The van der Waals surface area contributed by atoms with Gasteiger partial charge >= 0.3 is 24.1 Å². The first-order valence-electron chi connectivity index (χ1n) is 12.1. The molecule has 1 fully saturated rings. The van der Waals surface area contributed by atoms with E-state index in [1.165, 1.54) is 6.92 Å². The summed E-state index contributed by atoms with van der Waals surface area (Å²) in [6.45, 7) is 0.950. The predicted octanol–water partition coefficient (Wildman–Crippen LogP) is 4.80. The lowest BCUT2D eigenvalue weighted by Gasteiger charge is -2.25. The molecule has 9 nitrogen and oxygen atoms in total. The fourth-order valence-corrected chi connectivity index (χ4v) is 5.21. The summed E-state index contributed by atoms with van der Waals surface area (Å²) in [5, 5.41) is -0.721. The van der Waals surface area contributed by atoms with Crippen molar-refractivity contribution < 1.29 is 42.9 Å². The van der Waals surface area contributed by atoms with Crippen molar-refractivity contribution in [3.05, 3.63) is 108 Å². The van der Waals surface area contributed by atoms with E-state index < -0.39 is 47.0 Å². The molecule has 0 spiro atoms. The van der Waals surface area contributed by atoms with E-state index in [0.717, 1.165) is 17.3 Å². The van der Waals surface area contributed by atoms with Crippen LogP contribution in [-0.4, -0.2) is 53.6 Å². The molecule has 0 radical (unpaired) electrons. The van der Waals surface area contributed by atoms with Gasteiger partial charge in [-0.1, -0.05) is 66.7 Å². The van der Waals surface area contributed by atoms with Crippen LogP contribution in [0.2, 0.25) is 0 Å². The summed E-state index contributed by atoms with van der Waals surface area (Å²) >= 11 is 1.06. The third-order valence-corrected chi connectivity index (χ3v) is 7.01. The maximum Gasteiger partial charge on any atom is 0.509 e. The molecule has 1 aliphatic heterocycles. The van der Waals surface area contributed by atoms with E-state index in [1.54, 1.807) is 84.9 Å². The van der Waals surface area contributed by atoms with Crippen molar-refractivity contribution in [2.45, 2.75) is 36.4 Å². The maximum atomic E-state index is 13.0. The first kappa shape index (κ1) is 27.7. The van der Waals surface area contributed by atoms with E-state index in [-0.39, 0.29) is 18.8 Å². The average molecular weight is 551 g/mol. The number of carbonyl (C=O) groups excluding carboxylic acids is 4. The highest BCUT2D eigenvalue weighted by molar-refractivity contribution is 8.00. The molecule has 3 aromatic rings. The lowest BCUT2D eigenvalue weighted by atomic mass is 10.1. The summed E-state index contributed by atoms with van der Waals surface area (Å²) in [5.41, 5.74) is 0.307. The van der Waals surface area contributed by atoms with Crippen LogP contribution in [0, 0.1) is 0 Å². The Labute approximate surface area is 229 Å². The van der Waals surface area contributed by atoms with Crippen molar-refractivity contribution in [1.29, 1.82) is 0 Å². The monoisotopic (exact) mass is 550 g/mol. The zero-order chi connectivity index (χ0) is 27.6. The molecule has 0 bridgehead atoms. The third kappa shape index (κ3) is 7.84. The zero-order valence-corrected chi connectivity index (χ0v) is 21.8. The largest absolute Gasteiger partial charge is 0.509 e. The molecule has 1 aliphatic rings. The Morgan fingerprint density at radius 1 is 0.667 bits per heavy atom. The van der Waals surface area contributed by atoms with Crippen molar-refractivity contribution in [2.75, 3.05) is 6.61 Å². The van der Waals surface area contributed by atoms with Crippen LogP contribution in [0.4, 0.5) is 4.79 Å².